The van der Waals surface area contributed by atoms with E-state index in [1.807, 2.05) is 33.7 Å². The van der Waals surface area contributed by atoms with Gasteiger partial charge in [-0.25, -0.2) is 4.98 Å². The fraction of sp³-hybridized carbons (Fsp3) is 0.263. The Kier molecular flexibility index (Phi) is 4.01. The second-order valence-electron chi connectivity index (χ2n) is 6.20. The van der Waals surface area contributed by atoms with Crippen LogP contribution >= 0.6 is 0 Å². The number of fused-ring (bicyclic) bond motifs is 1. The third-order valence-electron chi connectivity index (χ3n) is 4.57. The molecule has 3 aromatic rings. The molecule has 0 unspecified atom stereocenters. The first-order valence-corrected chi connectivity index (χ1v) is 8.27. The van der Waals surface area contributed by atoms with Crippen molar-refractivity contribution in [1.82, 2.24) is 19.2 Å². The van der Waals surface area contributed by atoms with E-state index in [2.05, 4.69) is 34.1 Å². The van der Waals surface area contributed by atoms with Gasteiger partial charge in [0.2, 0.25) is 0 Å². The zero-order valence-electron chi connectivity index (χ0n) is 13.5. The number of hydrogen-bond donors (Lipinski definition) is 0. The number of hydrogen-bond acceptors (Lipinski definition) is 3. The maximum absolute atomic E-state index is 12.7. The molecule has 0 spiro atoms. The van der Waals surface area contributed by atoms with Gasteiger partial charge in [-0.3, -0.25) is 9.69 Å². The largest absolute Gasteiger partial charge is 0.336 e. The first kappa shape index (κ1) is 14.9. The van der Waals surface area contributed by atoms with Gasteiger partial charge in [-0.05, 0) is 17.7 Å². The number of aromatic nitrogens is 2. The van der Waals surface area contributed by atoms with E-state index < -0.39 is 0 Å². The number of imidazole rings is 1. The van der Waals surface area contributed by atoms with Gasteiger partial charge in [0.1, 0.15) is 0 Å². The van der Waals surface area contributed by atoms with Gasteiger partial charge in [0.15, 0.2) is 0 Å². The molecule has 5 nitrogen and oxygen atoms in total. The first-order chi connectivity index (χ1) is 11.8. The molecule has 1 aliphatic heterocycles. The second kappa shape index (κ2) is 6.45. The minimum absolute atomic E-state index is 0.109. The molecular weight excluding hydrogens is 300 g/mol. The molecule has 122 valence electrons. The number of carbonyl (C=O) groups is 1. The summed E-state index contributed by atoms with van der Waals surface area (Å²) in [5.74, 6) is 0.109. The third kappa shape index (κ3) is 3.03. The molecule has 24 heavy (non-hydrogen) atoms. The predicted octanol–water partition coefficient (Wildman–Crippen LogP) is 2.29. The van der Waals surface area contributed by atoms with Crippen LogP contribution in [0.5, 0.6) is 0 Å². The quantitative estimate of drug-likeness (QED) is 0.743. The highest BCUT2D eigenvalue weighted by atomic mass is 16.2. The molecule has 1 amide bonds. The standard InChI is InChI=1S/C19H20N4O/c24-19(17-6-7-23-15-20-13-18(23)12-17)22-10-8-21(9-11-22)14-16-4-2-1-3-5-16/h1-7,12-13,15H,8-11,14H2. The van der Waals surface area contributed by atoms with Crippen LogP contribution in [0.4, 0.5) is 0 Å². The van der Waals surface area contributed by atoms with Crippen LogP contribution in [-0.2, 0) is 6.54 Å². The fourth-order valence-corrected chi connectivity index (χ4v) is 3.19. The Morgan fingerprint density at radius 3 is 2.62 bits per heavy atom. The Labute approximate surface area is 141 Å². The molecule has 1 aliphatic rings. The van der Waals surface area contributed by atoms with Crippen molar-refractivity contribution < 1.29 is 4.79 Å². The van der Waals surface area contributed by atoms with Crippen LogP contribution in [-0.4, -0.2) is 51.3 Å². The van der Waals surface area contributed by atoms with Crippen LogP contribution in [0.3, 0.4) is 0 Å². The average Bonchev–Trinajstić information content (AvgIpc) is 3.10. The van der Waals surface area contributed by atoms with Gasteiger partial charge >= 0.3 is 0 Å². The zero-order chi connectivity index (χ0) is 16.4. The van der Waals surface area contributed by atoms with Gasteiger partial charge < -0.3 is 9.30 Å². The van der Waals surface area contributed by atoms with Crippen molar-refractivity contribution >= 4 is 11.4 Å². The number of carbonyl (C=O) groups excluding carboxylic acids is 1. The van der Waals surface area contributed by atoms with Gasteiger partial charge in [-0.15, -0.1) is 0 Å². The van der Waals surface area contributed by atoms with Crippen LogP contribution in [0.2, 0.25) is 0 Å². The molecule has 1 fully saturated rings. The van der Waals surface area contributed by atoms with Crippen molar-refractivity contribution in [2.45, 2.75) is 6.54 Å². The summed E-state index contributed by atoms with van der Waals surface area (Å²) < 4.78 is 1.91. The lowest BCUT2D eigenvalue weighted by molar-refractivity contribution is 0.0628. The number of pyridine rings is 1. The highest BCUT2D eigenvalue weighted by Gasteiger charge is 2.22. The lowest BCUT2D eigenvalue weighted by atomic mass is 10.1. The number of nitrogens with zero attached hydrogens (tertiary/aromatic N) is 4. The molecule has 0 N–H and O–H groups in total. The molecular formula is C19H20N4O. The van der Waals surface area contributed by atoms with E-state index in [9.17, 15) is 4.79 Å². The van der Waals surface area contributed by atoms with Crippen LogP contribution in [0.25, 0.3) is 5.52 Å². The second-order valence-corrected chi connectivity index (χ2v) is 6.20. The number of amides is 1. The van der Waals surface area contributed by atoms with Gasteiger partial charge in [-0.1, -0.05) is 30.3 Å². The molecule has 0 radical (unpaired) electrons. The van der Waals surface area contributed by atoms with E-state index in [1.54, 1.807) is 12.5 Å². The Bertz CT molecular complexity index is 835. The molecule has 2 aromatic heterocycles. The fourth-order valence-electron chi connectivity index (χ4n) is 3.19. The summed E-state index contributed by atoms with van der Waals surface area (Å²) >= 11 is 0. The summed E-state index contributed by atoms with van der Waals surface area (Å²) in [6.07, 6.45) is 5.40. The maximum Gasteiger partial charge on any atom is 0.254 e. The van der Waals surface area contributed by atoms with Gasteiger partial charge in [0.05, 0.1) is 18.0 Å². The minimum atomic E-state index is 0.109. The molecule has 4 rings (SSSR count). The normalized spacial score (nSPS) is 15.8. The van der Waals surface area contributed by atoms with E-state index in [1.165, 1.54) is 5.56 Å². The average molecular weight is 320 g/mol. The molecule has 1 aromatic carbocycles. The zero-order valence-corrected chi connectivity index (χ0v) is 13.5. The highest BCUT2D eigenvalue weighted by Crippen LogP contribution is 2.13. The Hall–Kier alpha value is -2.66. The number of benzene rings is 1. The van der Waals surface area contributed by atoms with E-state index in [0.717, 1.165) is 43.8 Å². The predicted molar refractivity (Wildman–Crippen MR) is 92.8 cm³/mol. The SMILES string of the molecule is O=C(c1ccn2cncc2c1)N1CCN(Cc2ccccc2)CC1. The topological polar surface area (TPSA) is 40.9 Å². The Morgan fingerprint density at radius 1 is 1.04 bits per heavy atom. The van der Waals surface area contributed by atoms with Crippen molar-refractivity contribution in [1.29, 1.82) is 0 Å². The maximum atomic E-state index is 12.7. The minimum Gasteiger partial charge on any atom is -0.336 e. The molecule has 1 saturated heterocycles. The Balaban J connectivity index is 1.39. The lowest BCUT2D eigenvalue weighted by Gasteiger charge is -2.34. The molecule has 0 aliphatic carbocycles. The summed E-state index contributed by atoms with van der Waals surface area (Å²) in [4.78, 5) is 21.2. The van der Waals surface area contributed by atoms with E-state index >= 15 is 0 Å². The molecule has 0 saturated carbocycles. The molecule has 0 atom stereocenters. The monoisotopic (exact) mass is 320 g/mol. The smallest absolute Gasteiger partial charge is 0.254 e. The summed E-state index contributed by atoms with van der Waals surface area (Å²) in [7, 11) is 0. The van der Waals surface area contributed by atoms with Crippen molar-refractivity contribution in [2.75, 3.05) is 26.2 Å². The van der Waals surface area contributed by atoms with Crippen LogP contribution in [0.1, 0.15) is 15.9 Å². The molecule has 3 heterocycles. The van der Waals surface area contributed by atoms with Crippen molar-refractivity contribution in [3.05, 3.63) is 72.3 Å². The third-order valence-corrected chi connectivity index (χ3v) is 4.57. The van der Waals surface area contributed by atoms with E-state index in [0.29, 0.717) is 0 Å². The summed E-state index contributed by atoms with van der Waals surface area (Å²) in [6, 6.07) is 14.3. The van der Waals surface area contributed by atoms with E-state index in [4.69, 9.17) is 0 Å². The van der Waals surface area contributed by atoms with Gasteiger partial charge in [0, 0.05) is 44.5 Å². The lowest BCUT2D eigenvalue weighted by Crippen LogP contribution is -2.48. The summed E-state index contributed by atoms with van der Waals surface area (Å²) in [6.45, 7) is 4.32. The Morgan fingerprint density at radius 2 is 1.83 bits per heavy atom. The van der Waals surface area contributed by atoms with Crippen LogP contribution in [0, 0.1) is 0 Å². The van der Waals surface area contributed by atoms with Crippen molar-refractivity contribution in [3.63, 3.8) is 0 Å². The highest BCUT2D eigenvalue weighted by molar-refractivity contribution is 5.95. The molecule has 5 heteroatoms. The van der Waals surface area contributed by atoms with Crippen LogP contribution < -0.4 is 0 Å². The van der Waals surface area contributed by atoms with Crippen LogP contribution in [0.15, 0.2) is 61.2 Å². The molecule has 0 bridgehead atoms. The van der Waals surface area contributed by atoms with Gasteiger partial charge in [0.25, 0.3) is 5.91 Å². The first-order valence-electron chi connectivity index (χ1n) is 8.27. The summed E-state index contributed by atoms with van der Waals surface area (Å²) in [5.41, 5.74) is 3.01. The van der Waals surface area contributed by atoms with Crippen molar-refractivity contribution in [2.24, 2.45) is 0 Å². The van der Waals surface area contributed by atoms with Crippen molar-refractivity contribution in [3.8, 4) is 0 Å². The number of piperazine rings is 1. The number of rotatable bonds is 3. The van der Waals surface area contributed by atoms with Gasteiger partial charge in [-0.2, -0.15) is 0 Å². The summed E-state index contributed by atoms with van der Waals surface area (Å²) in [5, 5.41) is 0. The van der Waals surface area contributed by atoms with E-state index in [-0.39, 0.29) is 5.91 Å².